The van der Waals surface area contributed by atoms with Gasteiger partial charge in [-0.3, -0.25) is 0 Å². The van der Waals surface area contributed by atoms with Crippen LogP contribution >= 0.6 is 0 Å². The highest BCUT2D eigenvalue weighted by molar-refractivity contribution is 5.95. The molecule has 0 saturated carbocycles. The van der Waals surface area contributed by atoms with Gasteiger partial charge >= 0.3 is 5.97 Å². The Balaban J connectivity index is 1.49. The second kappa shape index (κ2) is 8.58. The van der Waals surface area contributed by atoms with E-state index in [1.165, 1.54) is 7.11 Å². The molecule has 0 radical (unpaired) electrons. The zero-order chi connectivity index (χ0) is 19.3. The predicted octanol–water partition coefficient (Wildman–Crippen LogP) is 3.44. The number of hydrogen-bond acceptors (Lipinski definition) is 7. The van der Waals surface area contributed by atoms with Crippen molar-refractivity contribution in [3.63, 3.8) is 0 Å². The Bertz CT molecular complexity index is 818. The van der Waals surface area contributed by atoms with Crippen LogP contribution in [0.25, 0.3) is 0 Å². The van der Waals surface area contributed by atoms with Crippen molar-refractivity contribution in [1.29, 1.82) is 0 Å². The number of carbonyl (C=O) groups is 1. The summed E-state index contributed by atoms with van der Waals surface area (Å²) in [7, 11) is 1.36. The molecule has 148 valence electrons. The third-order valence-electron chi connectivity index (χ3n) is 4.91. The van der Waals surface area contributed by atoms with Gasteiger partial charge in [-0.05, 0) is 43.0 Å². The predicted molar refractivity (Wildman–Crippen MR) is 103 cm³/mol. The van der Waals surface area contributed by atoms with Crippen LogP contribution in [0.4, 0.5) is 11.5 Å². The fraction of sp³-hybridized carbons (Fsp3) is 0.429. The summed E-state index contributed by atoms with van der Waals surface area (Å²) in [4.78, 5) is 18.6. The van der Waals surface area contributed by atoms with E-state index in [2.05, 4.69) is 4.98 Å². The number of aromatic nitrogens is 1. The summed E-state index contributed by atoms with van der Waals surface area (Å²) in [6, 6.07) is 9.40. The Morgan fingerprint density at radius 2 is 2.18 bits per heavy atom. The van der Waals surface area contributed by atoms with Crippen LogP contribution in [0, 0.1) is 0 Å². The summed E-state index contributed by atoms with van der Waals surface area (Å²) in [5, 5.41) is 0. The first-order chi connectivity index (χ1) is 13.8. The topological polar surface area (TPSA) is 70.1 Å². The average Bonchev–Trinajstić information content (AvgIpc) is 2.77. The Hall–Kier alpha value is -2.64. The van der Waals surface area contributed by atoms with Crippen molar-refractivity contribution in [1.82, 2.24) is 4.98 Å². The minimum atomic E-state index is -0.413. The smallest absolute Gasteiger partial charge is 0.341 e. The lowest BCUT2D eigenvalue weighted by atomic mass is 10.1. The van der Waals surface area contributed by atoms with Gasteiger partial charge in [0.25, 0.3) is 0 Å². The van der Waals surface area contributed by atoms with Gasteiger partial charge in [0.1, 0.15) is 18.0 Å². The van der Waals surface area contributed by atoms with Gasteiger partial charge < -0.3 is 23.8 Å². The second-order valence-corrected chi connectivity index (χ2v) is 6.78. The number of nitrogens with zero attached hydrogens (tertiary/aromatic N) is 2. The van der Waals surface area contributed by atoms with E-state index in [0.29, 0.717) is 31.1 Å². The van der Waals surface area contributed by atoms with Crippen LogP contribution in [0.5, 0.6) is 5.75 Å². The summed E-state index contributed by atoms with van der Waals surface area (Å²) in [5.74, 6) is 0.914. The van der Waals surface area contributed by atoms with Gasteiger partial charge in [-0.15, -0.1) is 0 Å². The number of pyridine rings is 1. The summed E-state index contributed by atoms with van der Waals surface area (Å²) in [5.41, 5.74) is 2.22. The van der Waals surface area contributed by atoms with E-state index in [-0.39, 0.29) is 6.29 Å². The normalized spacial score (nSPS) is 18.9. The number of ether oxygens (including phenoxy) is 4. The quantitative estimate of drug-likeness (QED) is 0.731. The van der Waals surface area contributed by atoms with Crippen molar-refractivity contribution in [2.75, 3.05) is 31.8 Å². The lowest BCUT2D eigenvalue weighted by Crippen LogP contribution is -2.30. The van der Waals surface area contributed by atoms with Crippen LogP contribution in [-0.2, 0) is 20.8 Å². The molecule has 0 bridgehead atoms. The van der Waals surface area contributed by atoms with Gasteiger partial charge in [0.2, 0.25) is 0 Å². The molecule has 28 heavy (non-hydrogen) atoms. The highest BCUT2D eigenvalue weighted by atomic mass is 16.7. The Morgan fingerprint density at radius 1 is 1.25 bits per heavy atom. The van der Waals surface area contributed by atoms with Gasteiger partial charge in [0.15, 0.2) is 12.0 Å². The third-order valence-corrected chi connectivity index (χ3v) is 4.91. The summed E-state index contributed by atoms with van der Waals surface area (Å²) in [6.45, 7) is 2.36. The van der Waals surface area contributed by atoms with E-state index in [4.69, 9.17) is 18.9 Å². The number of anilines is 2. The van der Waals surface area contributed by atoms with E-state index >= 15 is 0 Å². The summed E-state index contributed by atoms with van der Waals surface area (Å²) in [6.07, 6.45) is 4.90. The van der Waals surface area contributed by atoms with Gasteiger partial charge in [-0.25, -0.2) is 9.78 Å². The van der Waals surface area contributed by atoms with E-state index in [9.17, 15) is 4.79 Å². The van der Waals surface area contributed by atoms with Crippen LogP contribution in [0.15, 0.2) is 36.5 Å². The monoisotopic (exact) mass is 384 g/mol. The molecule has 0 N–H and O–H groups in total. The van der Waals surface area contributed by atoms with Crippen molar-refractivity contribution < 1.29 is 23.7 Å². The second-order valence-electron chi connectivity index (χ2n) is 6.78. The molecule has 2 aromatic rings. The lowest BCUT2D eigenvalue weighted by molar-refractivity contribution is -0.168. The largest absolute Gasteiger partial charge is 0.489 e. The van der Waals surface area contributed by atoms with Crippen molar-refractivity contribution >= 4 is 17.5 Å². The molecule has 7 heteroatoms. The molecular formula is C21H24N2O5. The maximum Gasteiger partial charge on any atom is 0.341 e. The molecule has 7 nitrogen and oxygen atoms in total. The van der Waals surface area contributed by atoms with Crippen LogP contribution in [0.2, 0.25) is 0 Å². The molecule has 0 amide bonds. The SMILES string of the molecule is COC(=O)c1cccc2c1OCCN2c1ccc(COC2CCCCO2)cn1. The zero-order valence-corrected chi connectivity index (χ0v) is 15.9. The molecule has 1 unspecified atom stereocenters. The van der Waals surface area contributed by atoms with E-state index in [0.717, 1.165) is 42.9 Å². The van der Waals surface area contributed by atoms with Gasteiger partial charge in [-0.1, -0.05) is 12.1 Å². The third kappa shape index (κ3) is 3.95. The van der Waals surface area contributed by atoms with E-state index in [1.807, 2.05) is 35.4 Å². The molecule has 2 aliphatic heterocycles. The molecule has 2 aliphatic rings. The molecular weight excluding hydrogens is 360 g/mol. The lowest BCUT2D eigenvalue weighted by Gasteiger charge is -2.31. The van der Waals surface area contributed by atoms with Gasteiger partial charge in [0.05, 0.1) is 25.9 Å². The van der Waals surface area contributed by atoms with Crippen molar-refractivity contribution in [3.8, 4) is 5.75 Å². The van der Waals surface area contributed by atoms with Crippen LogP contribution in [-0.4, -0.2) is 44.1 Å². The fourth-order valence-electron chi connectivity index (χ4n) is 3.45. The van der Waals surface area contributed by atoms with Crippen molar-refractivity contribution in [2.45, 2.75) is 32.2 Å². The van der Waals surface area contributed by atoms with E-state index < -0.39 is 5.97 Å². The first kappa shape index (κ1) is 18.7. The molecule has 1 fully saturated rings. The van der Waals surface area contributed by atoms with Gasteiger partial charge in [0, 0.05) is 12.8 Å². The minimum absolute atomic E-state index is 0.115. The van der Waals surface area contributed by atoms with Crippen LogP contribution in [0.3, 0.4) is 0 Å². The number of carbonyl (C=O) groups excluding carboxylic acids is 1. The molecule has 0 spiro atoms. The summed E-state index contributed by atoms with van der Waals surface area (Å²) < 4.78 is 22.0. The van der Waals surface area contributed by atoms with Crippen molar-refractivity contribution in [2.24, 2.45) is 0 Å². The maximum atomic E-state index is 12.0. The van der Waals surface area contributed by atoms with E-state index in [1.54, 1.807) is 6.07 Å². The number of methoxy groups -OCH3 is 1. The zero-order valence-electron chi connectivity index (χ0n) is 15.9. The van der Waals surface area contributed by atoms with Crippen molar-refractivity contribution in [3.05, 3.63) is 47.7 Å². The van der Waals surface area contributed by atoms with Crippen LogP contribution < -0.4 is 9.64 Å². The Morgan fingerprint density at radius 3 is 2.93 bits per heavy atom. The molecule has 4 rings (SSSR count). The number of hydrogen-bond donors (Lipinski definition) is 0. The molecule has 1 atom stereocenters. The summed E-state index contributed by atoms with van der Waals surface area (Å²) >= 11 is 0. The van der Waals surface area contributed by atoms with Gasteiger partial charge in [-0.2, -0.15) is 0 Å². The van der Waals surface area contributed by atoms with Crippen LogP contribution in [0.1, 0.15) is 35.2 Å². The standard InChI is InChI=1S/C21H24N2O5/c1-25-21(24)16-5-4-6-17-20(16)27-12-10-23(17)18-9-8-15(13-22-18)14-28-19-7-2-3-11-26-19/h4-6,8-9,13,19H,2-3,7,10-12,14H2,1H3. The number of esters is 1. The minimum Gasteiger partial charge on any atom is -0.489 e. The molecule has 1 saturated heterocycles. The molecule has 1 aromatic carbocycles. The average molecular weight is 384 g/mol. The Kier molecular flexibility index (Phi) is 5.73. The fourth-order valence-corrected chi connectivity index (χ4v) is 3.45. The highest BCUT2D eigenvalue weighted by Crippen LogP contribution is 2.38. The first-order valence-electron chi connectivity index (χ1n) is 9.56. The number of fused-ring (bicyclic) bond motifs is 1. The number of benzene rings is 1. The molecule has 1 aromatic heterocycles. The Labute approximate surface area is 164 Å². The molecule has 0 aliphatic carbocycles. The molecule has 3 heterocycles. The maximum absolute atomic E-state index is 12.0. The highest BCUT2D eigenvalue weighted by Gasteiger charge is 2.25. The first-order valence-corrected chi connectivity index (χ1v) is 9.56. The number of para-hydroxylation sites is 1. The number of rotatable bonds is 5.